The first-order valence-corrected chi connectivity index (χ1v) is 4.95. The molecular formula is C8H4Cl2F5NO. The molecule has 0 saturated heterocycles. The Balaban J connectivity index is 3.21. The summed E-state index contributed by atoms with van der Waals surface area (Å²) in [5, 5.41) is -0.809. The number of hydrogen-bond acceptors (Lipinski definition) is 2. The summed E-state index contributed by atoms with van der Waals surface area (Å²) in [6, 6.07) is 0.713. The van der Waals surface area contributed by atoms with Crippen LogP contribution in [-0.2, 0) is 5.88 Å². The molecular weight excluding hydrogens is 292 g/mol. The molecule has 0 aliphatic rings. The van der Waals surface area contributed by atoms with Crippen molar-refractivity contribution in [3.05, 3.63) is 22.5 Å². The largest absolute Gasteiger partial charge is 0.573 e. The zero-order valence-electron chi connectivity index (χ0n) is 7.86. The second-order valence-electron chi connectivity index (χ2n) is 2.81. The van der Waals surface area contributed by atoms with E-state index in [1.807, 2.05) is 0 Å². The smallest absolute Gasteiger partial charge is 0.402 e. The van der Waals surface area contributed by atoms with Gasteiger partial charge in [0.2, 0.25) is 0 Å². The van der Waals surface area contributed by atoms with Gasteiger partial charge in [-0.05, 0) is 6.07 Å². The molecule has 1 aromatic heterocycles. The number of nitrogens with zero attached hydrogens (tertiary/aromatic N) is 1. The lowest BCUT2D eigenvalue weighted by molar-refractivity contribution is -0.274. The van der Waals surface area contributed by atoms with E-state index < -0.39 is 35.3 Å². The highest BCUT2D eigenvalue weighted by atomic mass is 35.5. The molecule has 0 atom stereocenters. The highest BCUT2D eigenvalue weighted by molar-refractivity contribution is 6.31. The van der Waals surface area contributed by atoms with Crippen LogP contribution in [0.4, 0.5) is 22.0 Å². The summed E-state index contributed by atoms with van der Waals surface area (Å²) >= 11 is 10.7. The number of hydrogen-bond donors (Lipinski definition) is 0. The fourth-order valence-electron chi connectivity index (χ4n) is 1.01. The maximum Gasteiger partial charge on any atom is 0.573 e. The highest BCUT2D eigenvalue weighted by Crippen LogP contribution is 2.35. The van der Waals surface area contributed by atoms with Crippen LogP contribution in [-0.4, -0.2) is 11.3 Å². The van der Waals surface area contributed by atoms with Crippen LogP contribution in [0, 0.1) is 0 Å². The summed E-state index contributed by atoms with van der Waals surface area (Å²) in [6.45, 7) is 0. The molecule has 2 nitrogen and oxygen atoms in total. The van der Waals surface area contributed by atoms with Gasteiger partial charge >= 0.3 is 6.36 Å². The zero-order valence-corrected chi connectivity index (χ0v) is 9.37. The molecule has 0 aliphatic carbocycles. The van der Waals surface area contributed by atoms with Crippen molar-refractivity contribution >= 4 is 23.2 Å². The van der Waals surface area contributed by atoms with Crippen LogP contribution in [0.5, 0.6) is 5.75 Å². The number of aromatic nitrogens is 1. The van der Waals surface area contributed by atoms with E-state index in [9.17, 15) is 22.0 Å². The Morgan fingerprint density at radius 3 is 2.35 bits per heavy atom. The molecule has 1 aromatic rings. The van der Waals surface area contributed by atoms with Gasteiger partial charge in [0.15, 0.2) is 10.9 Å². The summed E-state index contributed by atoms with van der Waals surface area (Å²) < 4.78 is 64.2. The van der Waals surface area contributed by atoms with Crippen LogP contribution in [0.25, 0.3) is 0 Å². The number of halogens is 7. The van der Waals surface area contributed by atoms with Crippen molar-refractivity contribution in [1.29, 1.82) is 0 Å². The Bertz CT molecular complexity index is 410. The number of alkyl halides is 6. The third-order valence-corrected chi connectivity index (χ3v) is 2.16. The fourth-order valence-corrected chi connectivity index (χ4v) is 1.46. The minimum atomic E-state index is -5.00. The van der Waals surface area contributed by atoms with Gasteiger partial charge < -0.3 is 4.74 Å². The number of pyridine rings is 1. The van der Waals surface area contributed by atoms with Crippen LogP contribution >= 0.6 is 23.2 Å². The van der Waals surface area contributed by atoms with Gasteiger partial charge in [-0.2, -0.15) is 0 Å². The van der Waals surface area contributed by atoms with Crippen molar-refractivity contribution in [2.24, 2.45) is 0 Å². The summed E-state index contributed by atoms with van der Waals surface area (Å²) in [5.41, 5.74) is -1.07. The normalized spacial score (nSPS) is 12.0. The van der Waals surface area contributed by atoms with E-state index in [0.29, 0.717) is 6.07 Å². The lowest BCUT2D eigenvalue weighted by atomic mass is 10.2. The minimum absolute atomic E-state index is 0.306. The lowest BCUT2D eigenvalue weighted by Crippen LogP contribution is -2.19. The standard InChI is InChI=1S/C8H4Cl2F5NO/c9-2-3-1-4(7(11)12)16-6(10)5(3)17-8(13,14)15/h1,7H,2H2. The third-order valence-electron chi connectivity index (χ3n) is 1.61. The topological polar surface area (TPSA) is 22.1 Å². The first-order chi connectivity index (χ1) is 7.74. The van der Waals surface area contributed by atoms with Crippen molar-refractivity contribution in [3.63, 3.8) is 0 Å². The summed E-state index contributed by atoms with van der Waals surface area (Å²) in [4.78, 5) is 3.10. The van der Waals surface area contributed by atoms with Gasteiger partial charge in [0.25, 0.3) is 6.43 Å². The van der Waals surface area contributed by atoms with E-state index in [4.69, 9.17) is 23.2 Å². The molecule has 0 radical (unpaired) electrons. The summed E-state index contributed by atoms with van der Waals surface area (Å²) in [5.74, 6) is -1.33. The quantitative estimate of drug-likeness (QED) is 0.471. The monoisotopic (exact) mass is 295 g/mol. The molecule has 0 bridgehead atoms. The second-order valence-corrected chi connectivity index (χ2v) is 3.43. The number of ether oxygens (including phenoxy) is 1. The van der Waals surface area contributed by atoms with Crippen LogP contribution in [0.3, 0.4) is 0 Å². The molecule has 1 heterocycles. The molecule has 17 heavy (non-hydrogen) atoms. The van der Waals surface area contributed by atoms with E-state index in [-0.39, 0.29) is 5.56 Å². The lowest BCUT2D eigenvalue weighted by Gasteiger charge is -2.14. The van der Waals surface area contributed by atoms with Gasteiger partial charge in [0, 0.05) is 5.56 Å². The van der Waals surface area contributed by atoms with Crippen molar-refractivity contribution in [3.8, 4) is 5.75 Å². The molecule has 0 N–H and O–H groups in total. The van der Waals surface area contributed by atoms with Gasteiger partial charge in [0.1, 0.15) is 5.69 Å². The van der Waals surface area contributed by atoms with E-state index in [0.717, 1.165) is 0 Å². The predicted octanol–water partition coefficient (Wildman–Crippen LogP) is 4.31. The SMILES string of the molecule is FC(F)c1cc(CCl)c(OC(F)(F)F)c(Cl)n1. The van der Waals surface area contributed by atoms with E-state index in [2.05, 4.69) is 9.72 Å². The van der Waals surface area contributed by atoms with E-state index >= 15 is 0 Å². The molecule has 0 aromatic carbocycles. The van der Waals surface area contributed by atoms with Gasteiger partial charge in [-0.3, -0.25) is 0 Å². The summed E-state index contributed by atoms with van der Waals surface area (Å²) in [6.07, 6.45) is -7.97. The minimum Gasteiger partial charge on any atom is -0.402 e. The fraction of sp³-hybridized carbons (Fsp3) is 0.375. The number of rotatable bonds is 3. The molecule has 0 spiro atoms. The maximum atomic E-state index is 12.3. The summed E-state index contributed by atoms with van der Waals surface area (Å²) in [7, 11) is 0. The molecule has 0 amide bonds. The van der Waals surface area contributed by atoms with Crippen molar-refractivity contribution in [2.45, 2.75) is 18.7 Å². The average molecular weight is 296 g/mol. The maximum absolute atomic E-state index is 12.3. The Labute approximate surface area is 102 Å². The van der Waals surface area contributed by atoms with Crippen molar-refractivity contribution in [1.82, 2.24) is 4.98 Å². The molecule has 0 saturated carbocycles. The molecule has 9 heteroatoms. The molecule has 0 unspecified atom stereocenters. The van der Waals surface area contributed by atoms with Gasteiger partial charge in [-0.25, -0.2) is 13.8 Å². The Morgan fingerprint density at radius 2 is 1.94 bits per heavy atom. The van der Waals surface area contributed by atoms with Gasteiger partial charge in [-0.15, -0.1) is 24.8 Å². The Hall–Kier alpha value is -0.820. The van der Waals surface area contributed by atoms with Crippen LogP contribution in [0.2, 0.25) is 5.15 Å². The Kier molecular flexibility index (Phi) is 4.37. The van der Waals surface area contributed by atoms with E-state index in [1.165, 1.54) is 0 Å². The predicted molar refractivity (Wildman–Crippen MR) is 50.4 cm³/mol. The molecule has 0 aliphatic heterocycles. The molecule has 96 valence electrons. The highest BCUT2D eigenvalue weighted by Gasteiger charge is 2.34. The Morgan fingerprint density at radius 1 is 1.35 bits per heavy atom. The van der Waals surface area contributed by atoms with Crippen LogP contribution < -0.4 is 4.74 Å². The van der Waals surface area contributed by atoms with Crippen LogP contribution in [0.15, 0.2) is 6.07 Å². The van der Waals surface area contributed by atoms with Gasteiger partial charge in [0.05, 0.1) is 5.88 Å². The van der Waals surface area contributed by atoms with Gasteiger partial charge in [-0.1, -0.05) is 11.6 Å². The first-order valence-electron chi connectivity index (χ1n) is 4.03. The van der Waals surface area contributed by atoms with E-state index in [1.54, 1.807) is 0 Å². The molecule has 1 rings (SSSR count). The van der Waals surface area contributed by atoms with Crippen molar-refractivity contribution in [2.75, 3.05) is 0 Å². The van der Waals surface area contributed by atoms with Crippen LogP contribution in [0.1, 0.15) is 17.7 Å². The molecule has 0 fully saturated rings. The second kappa shape index (κ2) is 5.22. The first kappa shape index (κ1) is 14.2. The third kappa shape index (κ3) is 3.85. The zero-order chi connectivity index (χ0) is 13.2. The van der Waals surface area contributed by atoms with Crippen molar-refractivity contribution < 1.29 is 26.7 Å². The average Bonchev–Trinajstić information content (AvgIpc) is 2.18.